The van der Waals surface area contributed by atoms with Crippen molar-refractivity contribution >= 4 is 27.5 Å². The molecule has 0 saturated heterocycles. The normalized spacial score (nSPS) is 19.1. The van der Waals surface area contributed by atoms with Gasteiger partial charge in [-0.15, -0.1) is 0 Å². The van der Waals surface area contributed by atoms with Gasteiger partial charge in [0.05, 0.1) is 10.3 Å². The number of nitrogens with zero attached hydrogens (tertiary/aromatic N) is 1. The Bertz CT molecular complexity index is 1140. The maximum atomic E-state index is 13.3. The second kappa shape index (κ2) is 8.33. The van der Waals surface area contributed by atoms with E-state index in [9.17, 15) is 18.0 Å². The van der Waals surface area contributed by atoms with Gasteiger partial charge in [-0.3, -0.25) is 9.59 Å². The van der Waals surface area contributed by atoms with E-state index in [-0.39, 0.29) is 22.8 Å². The molecule has 2 aromatic carbocycles. The average Bonchev–Trinajstić information content (AvgIpc) is 3.34. The molecular formula is C24H29N3O4S. The first-order valence-corrected chi connectivity index (χ1v) is 12.4. The Hall–Kier alpha value is -2.71. The van der Waals surface area contributed by atoms with Crippen LogP contribution in [0.5, 0.6) is 0 Å². The van der Waals surface area contributed by atoms with E-state index < -0.39 is 21.5 Å². The molecule has 2 aliphatic rings. The van der Waals surface area contributed by atoms with E-state index in [1.54, 1.807) is 56.1 Å². The minimum absolute atomic E-state index is 0.0297. The van der Waals surface area contributed by atoms with E-state index in [0.29, 0.717) is 16.8 Å². The standard InChI is InChI=1S/C24H29N3O4S/c1-24(2)19-15-18(13-14-20(19)27(3)23(24)29)32(30,31)26-21(16-9-5-4-6-10-16)22(28)25-17-11-7-8-12-17/h4-6,9-10,13-15,17,21,26H,7-8,11-12H2,1-3H3,(H,25,28)/t21-/m0/s1. The maximum Gasteiger partial charge on any atom is 0.242 e. The van der Waals surface area contributed by atoms with Crippen molar-refractivity contribution in [2.45, 2.75) is 61.9 Å². The van der Waals surface area contributed by atoms with Crippen molar-refractivity contribution in [3.63, 3.8) is 0 Å². The average molecular weight is 456 g/mol. The summed E-state index contributed by atoms with van der Waals surface area (Å²) in [6.07, 6.45) is 3.93. The third kappa shape index (κ3) is 4.04. The number of nitrogens with one attached hydrogen (secondary N) is 2. The molecular weight excluding hydrogens is 426 g/mol. The molecule has 0 radical (unpaired) electrons. The van der Waals surface area contributed by atoms with Crippen LogP contribution in [0.3, 0.4) is 0 Å². The van der Waals surface area contributed by atoms with Gasteiger partial charge in [0, 0.05) is 18.8 Å². The Kier molecular flexibility index (Phi) is 5.85. The second-order valence-corrected chi connectivity index (χ2v) is 10.8. The van der Waals surface area contributed by atoms with Crippen LogP contribution in [-0.4, -0.2) is 33.3 Å². The highest BCUT2D eigenvalue weighted by molar-refractivity contribution is 7.89. The lowest BCUT2D eigenvalue weighted by atomic mass is 9.86. The first kappa shape index (κ1) is 22.5. The van der Waals surface area contributed by atoms with Crippen molar-refractivity contribution in [2.75, 3.05) is 11.9 Å². The van der Waals surface area contributed by atoms with Gasteiger partial charge in [0.2, 0.25) is 21.8 Å². The molecule has 1 aliphatic carbocycles. The Morgan fingerprint density at radius 2 is 1.75 bits per heavy atom. The van der Waals surface area contributed by atoms with E-state index in [4.69, 9.17) is 0 Å². The molecule has 170 valence electrons. The summed E-state index contributed by atoms with van der Waals surface area (Å²) in [6, 6.07) is 12.5. The molecule has 1 atom stereocenters. The number of likely N-dealkylation sites (N-methyl/N-ethyl adjacent to an activating group) is 1. The van der Waals surface area contributed by atoms with E-state index in [2.05, 4.69) is 10.0 Å². The van der Waals surface area contributed by atoms with Crippen LogP contribution in [0, 0.1) is 0 Å². The highest BCUT2D eigenvalue weighted by atomic mass is 32.2. The fraction of sp³-hybridized carbons (Fsp3) is 0.417. The first-order valence-electron chi connectivity index (χ1n) is 10.9. The summed E-state index contributed by atoms with van der Waals surface area (Å²) < 4.78 is 29.3. The van der Waals surface area contributed by atoms with Gasteiger partial charge in [-0.05, 0) is 56.0 Å². The summed E-state index contributed by atoms with van der Waals surface area (Å²) in [7, 11) is -2.35. The van der Waals surface area contributed by atoms with Crippen LogP contribution in [0.15, 0.2) is 53.4 Å². The zero-order chi connectivity index (χ0) is 23.1. The number of anilines is 1. The smallest absolute Gasteiger partial charge is 0.242 e. The lowest BCUT2D eigenvalue weighted by molar-refractivity contribution is -0.123. The molecule has 2 aromatic rings. The van der Waals surface area contributed by atoms with Crippen molar-refractivity contribution in [1.29, 1.82) is 0 Å². The van der Waals surface area contributed by atoms with Crippen LogP contribution in [0.1, 0.15) is 56.7 Å². The minimum Gasteiger partial charge on any atom is -0.352 e. The minimum atomic E-state index is -4.03. The Labute approximate surface area is 189 Å². The summed E-state index contributed by atoms with van der Waals surface area (Å²) in [5, 5.41) is 3.00. The number of sulfonamides is 1. The van der Waals surface area contributed by atoms with Crippen molar-refractivity contribution in [3.8, 4) is 0 Å². The van der Waals surface area contributed by atoms with E-state index in [0.717, 1.165) is 25.7 Å². The summed E-state index contributed by atoms with van der Waals surface area (Å²) >= 11 is 0. The molecule has 2 amide bonds. The molecule has 4 rings (SSSR count). The molecule has 32 heavy (non-hydrogen) atoms. The lowest BCUT2D eigenvalue weighted by Gasteiger charge is -2.22. The number of carbonyl (C=O) groups is 2. The van der Waals surface area contributed by atoms with Gasteiger partial charge in [0.25, 0.3) is 0 Å². The molecule has 1 aliphatic heterocycles. The van der Waals surface area contributed by atoms with Crippen LogP contribution in [-0.2, 0) is 25.0 Å². The van der Waals surface area contributed by atoms with Gasteiger partial charge in [-0.2, -0.15) is 4.72 Å². The quantitative estimate of drug-likeness (QED) is 0.700. The van der Waals surface area contributed by atoms with Crippen molar-refractivity contribution < 1.29 is 18.0 Å². The molecule has 1 saturated carbocycles. The van der Waals surface area contributed by atoms with Crippen LogP contribution < -0.4 is 14.9 Å². The summed E-state index contributed by atoms with van der Waals surface area (Å²) in [5.41, 5.74) is 1.09. The number of amides is 2. The SMILES string of the molecule is CN1C(=O)C(C)(C)c2cc(S(=O)(=O)N[C@H](C(=O)NC3CCCC3)c3ccccc3)ccc21. The van der Waals surface area contributed by atoms with Gasteiger partial charge in [-0.25, -0.2) is 8.42 Å². The van der Waals surface area contributed by atoms with Crippen molar-refractivity contribution in [2.24, 2.45) is 0 Å². The number of rotatable bonds is 6. The van der Waals surface area contributed by atoms with E-state index >= 15 is 0 Å². The Balaban J connectivity index is 1.66. The number of hydrogen-bond acceptors (Lipinski definition) is 4. The van der Waals surface area contributed by atoms with E-state index in [1.807, 2.05) is 6.07 Å². The topological polar surface area (TPSA) is 95.6 Å². The summed E-state index contributed by atoms with van der Waals surface area (Å²) in [6.45, 7) is 3.56. The van der Waals surface area contributed by atoms with Gasteiger partial charge in [-0.1, -0.05) is 43.2 Å². The van der Waals surface area contributed by atoms with Gasteiger partial charge >= 0.3 is 0 Å². The first-order chi connectivity index (χ1) is 15.1. The lowest BCUT2D eigenvalue weighted by Crippen LogP contribution is -2.43. The molecule has 0 unspecified atom stereocenters. The van der Waals surface area contributed by atoms with Gasteiger partial charge in [0.1, 0.15) is 6.04 Å². The number of fused-ring (bicyclic) bond motifs is 1. The molecule has 8 heteroatoms. The van der Waals surface area contributed by atoms with Crippen LogP contribution in [0.4, 0.5) is 5.69 Å². The van der Waals surface area contributed by atoms with Crippen LogP contribution in [0.25, 0.3) is 0 Å². The Morgan fingerprint density at radius 3 is 2.41 bits per heavy atom. The number of benzene rings is 2. The van der Waals surface area contributed by atoms with Crippen LogP contribution >= 0.6 is 0 Å². The van der Waals surface area contributed by atoms with Crippen LogP contribution in [0.2, 0.25) is 0 Å². The van der Waals surface area contributed by atoms with Crippen molar-refractivity contribution in [1.82, 2.24) is 10.0 Å². The monoisotopic (exact) mass is 455 g/mol. The Morgan fingerprint density at radius 1 is 1.09 bits per heavy atom. The number of carbonyl (C=O) groups excluding carboxylic acids is 2. The summed E-state index contributed by atoms with van der Waals surface area (Å²) in [5.74, 6) is -0.448. The molecule has 0 bridgehead atoms. The third-order valence-electron chi connectivity index (χ3n) is 6.52. The molecule has 7 nitrogen and oxygen atoms in total. The number of hydrogen-bond donors (Lipinski definition) is 2. The highest BCUT2D eigenvalue weighted by Gasteiger charge is 2.43. The van der Waals surface area contributed by atoms with E-state index in [1.165, 1.54) is 12.1 Å². The zero-order valence-corrected chi connectivity index (χ0v) is 19.4. The predicted octanol–water partition coefficient (Wildman–Crippen LogP) is 3.02. The molecule has 0 spiro atoms. The predicted molar refractivity (Wildman–Crippen MR) is 123 cm³/mol. The molecule has 0 aromatic heterocycles. The molecule has 1 fully saturated rings. The molecule has 2 N–H and O–H groups in total. The van der Waals surface area contributed by atoms with Gasteiger partial charge < -0.3 is 10.2 Å². The van der Waals surface area contributed by atoms with Crippen molar-refractivity contribution in [3.05, 3.63) is 59.7 Å². The van der Waals surface area contributed by atoms with Gasteiger partial charge in [0.15, 0.2) is 0 Å². The second-order valence-electron chi connectivity index (χ2n) is 9.12. The third-order valence-corrected chi connectivity index (χ3v) is 7.94. The highest BCUT2D eigenvalue weighted by Crippen LogP contribution is 2.41. The molecule has 1 heterocycles. The fourth-order valence-electron chi connectivity index (χ4n) is 4.62. The summed E-state index contributed by atoms with van der Waals surface area (Å²) in [4.78, 5) is 27.2. The fourth-order valence-corrected chi connectivity index (χ4v) is 5.83. The zero-order valence-electron chi connectivity index (χ0n) is 18.6. The largest absolute Gasteiger partial charge is 0.352 e. The maximum absolute atomic E-state index is 13.3.